The van der Waals surface area contributed by atoms with Crippen molar-refractivity contribution < 1.29 is 14.3 Å². The molecule has 0 aliphatic rings. The first kappa shape index (κ1) is 12.4. The Hall–Kier alpha value is -1.62. The number of carbonyl (C=O) groups excluding carboxylic acids is 2. The predicted octanol–water partition coefficient (Wildman–Crippen LogP) is 1.60. The molecule has 0 aromatic carbocycles. The molecule has 0 saturated carbocycles. The third-order valence-corrected chi connectivity index (χ3v) is 3.18. The largest absolute Gasteiger partial charge is 0.466 e. The van der Waals surface area contributed by atoms with Crippen LogP contribution in [0.1, 0.15) is 20.1 Å². The van der Waals surface area contributed by atoms with E-state index in [1.165, 1.54) is 24.5 Å². The Morgan fingerprint density at radius 1 is 1.50 bits per heavy atom. The second-order valence-corrected chi connectivity index (χ2v) is 4.18. The molecule has 1 N–H and O–H groups in total. The van der Waals surface area contributed by atoms with Crippen molar-refractivity contribution in [2.24, 2.45) is 0 Å². The molecule has 1 aromatic rings. The first-order valence-corrected chi connectivity index (χ1v) is 5.48. The smallest absolute Gasteiger partial charge is 0.330 e. The fourth-order valence-corrected chi connectivity index (χ4v) is 2.13. The number of thiophene rings is 1. The monoisotopic (exact) mass is 239 g/mol. The van der Waals surface area contributed by atoms with Crippen LogP contribution in [0.15, 0.2) is 12.1 Å². The average Bonchev–Trinajstić information content (AvgIpc) is 2.66. The molecule has 5 heteroatoms. The molecular weight excluding hydrogens is 226 g/mol. The van der Waals surface area contributed by atoms with Gasteiger partial charge in [0.2, 0.25) is 0 Å². The van der Waals surface area contributed by atoms with Crippen LogP contribution in [-0.2, 0) is 9.53 Å². The lowest BCUT2D eigenvalue weighted by atomic mass is 10.2. The Morgan fingerprint density at radius 2 is 2.19 bits per heavy atom. The summed E-state index contributed by atoms with van der Waals surface area (Å²) in [6.07, 6.45) is 2.99. The average molecular weight is 239 g/mol. The Bertz CT molecular complexity index is 434. The van der Waals surface area contributed by atoms with E-state index < -0.39 is 5.97 Å². The SMILES string of the molecule is CNC(=O)c1cc(C)c(C=CC(=O)OC)s1. The van der Waals surface area contributed by atoms with Gasteiger partial charge in [-0.25, -0.2) is 4.79 Å². The van der Waals surface area contributed by atoms with Crippen molar-refractivity contribution in [3.8, 4) is 0 Å². The zero-order valence-corrected chi connectivity index (χ0v) is 10.2. The molecule has 0 spiro atoms. The number of amides is 1. The normalized spacial score (nSPS) is 10.4. The number of rotatable bonds is 3. The van der Waals surface area contributed by atoms with E-state index in [-0.39, 0.29) is 5.91 Å². The van der Waals surface area contributed by atoms with Crippen LogP contribution in [0.3, 0.4) is 0 Å². The van der Waals surface area contributed by atoms with Crippen molar-refractivity contribution in [2.45, 2.75) is 6.92 Å². The maximum atomic E-state index is 11.4. The highest BCUT2D eigenvalue weighted by molar-refractivity contribution is 7.15. The van der Waals surface area contributed by atoms with Crippen molar-refractivity contribution in [3.05, 3.63) is 27.5 Å². The molecule has 0 bridgehead atoms. The van der Waals surface area contributed by atoms with Gasteiger partial charge in [0, 0.05) is 18.0 Å². The summed E-state index contributed by atoms with van der Waals surface area (Å²) >= 11 is 1.34. The molecule has 0 radical (unpaired) electrons. The van der Waals surface area contributed by atoms with Crippen LogP contribution in [0.5, 0.6) is 0 Å². The molecule has 1 heterocycles. The lowest BCUT2D eigenvalue weighted by Gasteiger charge is -1.91. The summed E-state index contributed by atoms with van der Waals surface area (Å²) in [6, 6.07) is 1.79. The Balaban J connectivity index is 2.90. The molecule has 86 valence electrons. The van der Waals surface area contributed by atoms with E-state index in [0.717, 1.165) is 10.4 Å². The fraction of sp³-hybridized carbons (Fsp3) is 0.273. The lowest BCUT2D eigenvalue weighted by Crippen LogP contribution is -2.16. The van der Waals surface area contributed by atoms with Crippen molar-refractivity contribution in [2.75, 3.05) is 14.2 Å². The molecule has 1 amide bonds. The van der Waals surface area contributed by atoms with E-state index in [1.54, 1.807) is 19.2 Å². The van der Waals surface area contributed by atoms with Gasteiger partial charge >= 0.3 is 5.97 Å². The summed E-state index contributed by atoms with van der Waals surface area (Å²) < 4.78 is 4.49. The fourth-order valence-electron chi connectivity index (χ4n) is 1.11. The van der Waals surface area contributed by atoms with Gasteiger partial charge in [-0.1, -0.05) is 0 Å². The Kier molecular flexibility index (Phi) is 4.25. The van der Waals surface area contributed by atoms with Crippen LogP contribution in [-0.4, -0.2) is 26.0 Å². The van der Waals surface area contributed by atoms with Crippen molar-refractivity contribution >= 4 is 29.3 Å². The molecule has 1 aromatic heterocycles. The van der Waals surface area contributed by atoms with Crippen molar-refractivity contribution in [3.63, 3.8) is 0 Å². The van der Waals surface area contributed by atoms with E-state index in [4.69, 9.17) is 0 Å². The molecule has 0 unspecified atom stereocenters. The third-order valence-electron chi connectivity index (χ3n) is 1.98. The molecule has 0 aliphatic heterocycles. The van der Waals surface area contributed by atoms with Crippen molar-refractivity contribution in [1.82, 2.24) is 5.32 Å². The number of esters is 1. The number of hydrogen-bond donors (Lipinski definition) is 1. The van der Waals surface area contributed by atoms with Gasteiger partial charge in [-0.15, -0.1) is 11.3 Å². The second-order valence-electron chi connectivity index (χ2n) is 3.09. The first-order valence-electron chi connectivity index (χ1n) is 4.67. The highest BCUT2D eigenvalue weighted by Gasteiger charge is 2.09. The first-order chi connectivity index (χ1) is 7.58. The summed E-state index contributed by atoms with van der Waals surface area (Å²) in [5, 5.41) is 2.55. The van der Waals surface area contributed by atoms with Crippen LogP contribution in [0.4, 0.5) is 0 Å². The second kappa shape index (κ2) is 5.46. The number of nitrogens with one attached hydrogen (secondary N) is 1. The minimum Gasteiger partial charge on any atom is -0.466 e. The summed E-state index contributed by atoms with van der Waals surface area (Å²) in [7, 11) is 2.91. The van der Waals surface area contributed by atoms with E-state index in [2.05, 4.69) is 10.1 Å². The molecule has 0 saturated heterocycles. The molecule has 0 aliphatic carbocycles. The quantitative estimate of drug-likeness (QED) is 0.644. The standard InChI is InChI=1S/C11H13NO3S/c1-7-6-9(11(14)12-2)16-8(7)4-5-10(13)15-3/h4-6H,1-3H3,(H,12,14). The van der Waals surface area contributed by atoms with E-state index in [1.807, 2.05) is 6.92 Å². The van der Waals surface area contributed by atoms with Crippen LogP contribution in [0, 0.1) is 6.92 Å². The molecule has 0 fully saturated rings. The third kappa shape index (κ3) is 2.93. The number of carbonyl (C=O) groups is 2. The van der Waals surface area contributed by atoms with Gasteiger partial charge in [0.1, 0.15) is 0 Å². The van der Waals surface area contributed by atoms with Gasteiger partial charge in [0.15, 0.2) is 0 Å². The Morgan fingerprint density at radius 3 is 2.75 bits per heavy atom. The zero-order valence-electron chi connectivity index (χ0n) is 9.37. The van der Waals surface area contributed by atoms with Crippen molar-refractivity contribution in [1.29, 1.82) is 0 Å². The maximum Gasteiger partial charge on any atom is 0.330 e. The molecule has 1 rings (SSSR count). The maximum absolute atomic E-state index is 11.4. The topological polar surface area (TPSA) is 55.4 Å². The predicted molar refractivity (Wildman–Crippen MR) is 63.5 cm³/mol. The molecule has 0 atom stereocenters. The molecular formula is C11H13NO3S. The van der Waals surface area contributed by atoms with E-state index in [0.29, 0.717) is 4.88 Å². The minimum atomic E-state index is -0.408. The van der Waals surface area contributed by atoms with Gasteiger partial charge < -0.3 is 10.1 Å². The Labute approximate surface area is 97.9 Å². The highest BCUT2D eigenvalue weighted by Crippen LogP contribution is 2.23. The van der Waals surface area contributed by atoms with Gasteiger partial charge in [-0.2, -0.15) is 0 Å². The number of aryl methyl sites for hydroxylation is 1. The van der Waals surface area contributed by atoms with Gasteiger partial charge in [0.05, 0.1) is 12.0 Å². The summed E-state index contributed by atoms with van der Waals surface area (Å²) in [4.78, 5) is 23.8. The van der Waals surface area contributed by atoms with E-state index >= 15 is 0 Å². The highest BCUT2D eigenvalue weighted by atomic mass is 32.1. The summed E-state index contributed by atoms with van der Waals surface area (Å²) in [6.45, 7) is 1.89. The number of hydrogen-bond acceptors (Lipinski definition) is 4. The van der Waals surface area contributed by atoms with Gasteiger partial charge in [0.25, 0.3) is 5.91 Å². The number of ether oxygens (including phenoxy) is 1. The molecule has 16 heavy (non-hydrogen) atoms. The minimum absolute atomic E-state index is 0.120. The van der Waals surface area contributed by atoms with Gasteiger partial charge in [-0.05, 0) is 24.6 Å². The van der Waals surface area contributed by atoms with Crippen LogP contribution in [0.2, 0.25) is 0 Å². The molecule has 4 nitrogen and oxygen atoms in total. The zero-order chi connectivity index (χ0) is 12.1. The van der Waals surface area contributed by atoms with E-state index in [9.17, 15) is 9.59 Å². The summed E-state index contributed by atoms with van der Waals surface area (Å²) in [5.41, 5.74) is 0.962. The number of methoxy groups -OCH3 is 1. The van der Waals surface area contributed by atoms with Crippen LogP contribution < -0.4 is 5.32 Å². The van der Waals surface area contributed by atoms with Crippen LogP contribution in [0.25, 0.3) is 6.08 Å². The van der Waals surface area contributed by atoms with Crippen LogP contribution >= 0.6 is 11.3 Å². The lowest BCUT2D eigenvalue weighted by molar-refractivity contribution is -0.134. The summed E-state index contributed by atoms with van der Waals surface area (Å²) in [5.74, 6) is -0.528. The van der Waals surface area contributed by atoms with Gasteiger partial charge in [-0.3, -0.25) is 4.79 Å².